The van der Waals surface area contributed by atoms with Gasteiger partial charge in [-0.3, -0.25) is 0 Å². The minimum absolute atomic E-state index is 0.0814. The average molecular weight is 377 g/mol. The number of aliphatic imine (C=N–C) groups is 5. The summed E-state index contributed by atoms with van der Waals surface area (Å²) in [5.74, 6) is -1.16. The number of unbranched alkanes of at least 4 members (excludes halogenated alkanes) is 1. The Hall–Kier alpha value is -3.63. The maximum absolute atomic E-state index is 12.6. The molecule has 0 aromatic rings. The Balaban J connectivity index is 6.01. The van der Waals surface area contributed by atoms with Gasteiger partial charge < -0.3 is 4.74 Å². The maximum atomic E-state index is 12.6. The lowest BCUT2D eigenvalue weighted by Crippen LogP contribution is -2.55. The van der Waals surface area contributed by atoms with E-state index in [1.807, 2.05) is 0 Å². The summed E-state index contributed by atoms with van der Waals surface area (Å²) in [6, 6.07) is 0. The summed E-state index contributed by atoms with van der Waals surface area (Å²) in [7, 11) is 0. The van der Waals surface area contributed by atoms with E-state index < -0.39 is 17.2 Å². The first-order valence-electron chi connectivity index (χ1n) is 7.49. The Morgan fingerprint density at radius 2 is 1.37 bits per heavy atom. The van der Waals surface area contributed by atoms with E-state index in [1.165, 1.54) is 18.2 Å². The van der Waals surface area contributed by atoms with Crippen molar-refractivity contribution in [2.75, 3.05) is 19.7 Å². The molecule has 0 rings (SSSR count). The monoisotopic (exact) mass is 377 g/mol. The minimum Gasteiger partial charge on any atom is -0.462 e. The highest BCUT2D eigenvalue weighted by Gasteiger charge is 2.57. The summed E-state index contributed by atoms with van der Waals surface area (Å²) in [5.41, 5.74) is -4.42. The molecule has 0 spiro atoms. The van der Waals surface area contributed by atoms with Crippen LogP contribution in [0.4, 0.5) is 0 Å². The van der Waals surface area contributed by atoms with Crippen molar-refractivity contribution < 1.29 is 33.5 Å². The zero-order valence-electron chi connectivity index (χ0n) is 14.3. The van der Waals surface area contributed by atoms with E-state index in [0.717, 1.165) is 19.1 Å². The van der Waals surface area contributed by atoms with Crippen molar-refractivity contribution >= 4 is 36.4 Å². The second-order valence-corrected chi connectivity index (χ2v) is 5.03. The van der Waals surface area contributed by atoms with Gasteiger partial charge >= 0.3 is 5.97 Å². The molecule has 0 fully saturated rings. The standard InChI is InChI=1S/C15H15N5O7/c1-14(18-10-23,19-11-24)15(20-12-25,4-2-3-5-16-8-21)13(26)27-7-6-17-9-22/h2-7H2,1H3. The number of hydrogen-bond acceptors (Lipinski definition) is 12. The topological polar surface area (TPSA) is 173 Å². The maximum Gasteiger partial charge on any atom is 0.339 e. The van der Waals surface area contributed by atoms with Crippen molar-refractivity contribution in [3.63, 3.8) is 0 Å². The fourth-order valence-electron chi connectivity index (χ4n) is 2.17. The van der Waals surface area contributed by atoms with Crippen LogP contribution in [0.25, 0.3) is 0 Å². The van der Waals surface area contributed by atoms with Gasteiger partial charge in [0.2, 0.25) is 41.6 Å². The summed E-state index contributed by atoms with van der Waals surface area (Å²) in [6.45, 7) is 0.580. The van der Waals surface area contributed by atoms with Crippen molar-refractivity contribution in [3.8, 4) is 0 Å². The first-order valence-corrected chi connectivity index (χ1v) is 7.49. The zero-order valence-corrected chi connectivity index (χ0v) is 14.3. The van der Waals surface area contributed by atoms with Gasteiger partial charge in [0.25, 0.3) is 0 Å². The number of hydrogen-bond donors (Lipinski definition) is 0. The van der Waals surface area contributed by atoms with E-state index in [0.29, 0.717) is 0 Å². The summed E-state index contributed by atoms with van der Waals surface area (Å²) >= 11 is 0. The van der Waals surface area contributed by atoms with E-state index in [-0.39, 0.29) is 39.0 Å². The molecule has 27 heavy (non-hydrogen) atoms. The van der Waals surface area contributed by atoms with E-state index in [1.54, 1.807) is 0 Å². The highest BCUT2D eigenvalue weighted by molar-refractivity contribution is 5.84. The normalized spacial score (nSPS) is 13.5. The van der Waals surface area contributed by atoms with Crippen LogP contribution in [0.15, 0.2) is 25.0 Å². The molecule has 0 aromatic heterocycles. The van der Waals surface area contributed by atoms with Gasteiger partial charge in [-0.2, -0.15) is 15.0 Å². The Morgan fingerprint density at radius 1 is 0.815 bits per heavy atom. The molecule has 1 atom stereocenters. The molecular weight excluding hydrogens is 362 g/mol. The van der Waals surface area contributed by atoms with Crippen molar-refractivity contribution in [1.82, 2.24) is 0 Å². The quantitative estimate of drug-likeness (QED) is 0.185. The Bertz CT molecular complexity index is 747. The molecular formula is C15H15N5O7. The SMILES string of the molecule is CC(N=C=O)(N=C=O)C(CCCCN=C=O)(N=C=O)C(=O)OCCN=C=O. The molecule has 142 valence electrons. The van der Waals surface area contributed by atoms with Gasteiger partial charge in [0.15, 0.2) is 0 Å². The minimum atomic E-state index is -2.24. The third kappa shape index (κ3) is 6.65. The van der Waals surface area contributed by atoms with E-state index >= 15 is 0 Å². The molecule has 0 saturated heterocycles. The van der Waals surface area contributed by atoms with Gasteiger partial charge in [-0.05, 0) is 26.2 Å². The summed E-state index contributed by atoms with van der Waals surface area (Å²) in [4.78, 5) is 82.0. The Morgan fingerprint density at radius 3 is 1.89 bits per heavy atom. The van der Waals surface area contributed by atoms with E-state index in [2.05, 4.69) is 25.0 Å². The molecule has 12 heteroatoms. The van der Waals surface area contributed by atoms with E-state index in [4.69, 9.17) is 4.74 Å². The van der Waals surface area contributed by atoms with Gasteiger partial charge in [-0.25, -0.2) is 38.8 Å². The fraction of sp³-hybridized carbons (Fsp3) is 0.600. The molecule has 12 nitrogen and oxygen atoms in total. The van der Waals surface area contributed by atoms with Gasteiger partial charge in [-0.15, -0.1) is 0 Å². The Labute approximate surface area is 152 Å². The summed E-state index contributed by atoms with van der Waals surface area (Å²) in [6.07, 6.45) is 6.26. The second-order valence-electron chi connectivity index (χ2n) is 5.03. The average Bonchev–Trinajstić information content (AvgIpc) is 2.64. The van der Waals surface area contributed by atoms with Crippen molar-refractivity contribution in [3.05, 3.63) is 0 Å². The summed E-state index contributed by atoms with van der Waals surface area (Å²) in [5, 5.41) is 0. The molecule has 0 aliphatic heterocycles. The van der Waals surface area contributed by atoms with E-state index in [9.17, 15) is 28.8 Å². The highest BCUT2D eigenvalue weighted by Crippen LogP contribution is 2.37. The highest BCUT2D eigenvalue weighted by atomic mass is 16.5. The molecule has 0 N–H and O–H groups in total. The first-order chi connectivity index (χ1) is 13.0. The first kappa shape index (κ1) is 23.4. The van der Waals surface area contributed by atoms with Crippen LogP contribution in [0.2, 0.25) is 0 Å². The molecule has 0 amide bonds. The number of rotatable bonds is 13. The molecule has 0 radical (unpaired) electrons. The van der Waals surface area contributed by atoms with Gasteiger partial charge in [0.05, 0.1) is 13.1 Å². The molecule has 0 aliphatic carbocycles. The van der Waals surface area contributed by atoms with Crippen molar-refractivity contribution in [2.24, 2.45) is 25.0 Å². The van der Waals surface area contributed by atoms with Crippen LogP contribution in [-0.4, -0.2) is 67.3 Å². The summed E-state index contributed by atoms with van der Waals surface area (Å²) < 4.78 is 4.93. The number of carbonyl (C=O) groups is 1. The zero-order chi connectivity index (χ0) is 20.6. The molecule has 1 unspecified atom stereocenters. The van der Waals surface area contributed by atoms with Crippen LogP contribution in [0.3, 0.4) is 0 Å². The molecule has 0 aromatic carbocycles. The largest absolute Gasteiger partial charge is 0.462 e. The molecule has 0 heterocycles. The fourth-order valence-corrected chi connectivity index (χ4v) is 2.17. The predicted molar refractivity (Wildman–Crippen MR) is 86.3 cm³/mol. The molecule has 0 aliphatic rings. The second kappa shape index (κ2) is 12.7. The lowest BCUT2D eigenvalue weighted by Gasteiger charge is -2.35. The van der Waals surface area contributed by atoms with Crippen LogP contribution in [0.5, 0.6) is 0 Å². The van der Waals surface area contributed by atoms with Crippen LogP contribution < -0.4 is 0 Å². The van der Waals surface area contributed by atoms with Crippen LogP contribution in [0.1, 0.15) is 26.2 Å². The lowest BCUT2D eigenvalue weighted by molar-refractivity contribution is -0.152. The number of ether oxygens (including phenoxy) is 1. The van der Waals surface area contributed by atoms with Crippen molar-refractivity contribution in [2.45, 2.75) is 37.4 Å². The van der Waals surface area contributed by atoms with Crippen molar-refractivity contribution in [1.29, 1.82) is 0 Å². The van der Waals surface area contributed by atoms with Gasteiger partial charge in [0, 0.05) is 0 Å². The smallest absolute Gasteiger partial charge is 0.339 e. The lowest BCUT2D eigenvalue weighted by atomic mass is 9.81. The number of esters is 1. The predicted octanol–water partition coefficient (Wildman–Crippen LogP) is -0.166. The van der Waals surface area contributed by atoms with Crippen LogP contribution in [0, 0.1) is 0 Å². The number of nitrogens with zero attached hydrogens (tertiary/aromatic N) is 5. The number of carbonyl (C=O) groups excluding carboxylic acids is 6. The van der Waals surface area contributed by atoms with Crippen LogP contribution >= 0.6 is 0 Å². The molecule has 0 bridgehead atoms. The van der Waals surface area contributed by atoms with Gasteiger partial charge in [-0.1, -0.05) is 0 Å². The third-order valence-electron chi connectivity index (χ3n) is 3.51. The Kier molecular flexibility index (Phi) is 11.0. The van der Waals surface area contributed by atoms with Gasteiger partial charge in [0.1, 0.15) is 6.61 Å². The molecule has 0 saturated carbocycles. The third-order valence-corrected chi connectivity index (χ3v) is 3.51. The number of isocyanates is 5. The van der Waals surface area contributed by atoms with Crippen LogP contribution in [-0.2, 0) is 33.5 Å².